The summed E-state index contributed by atoms with van der Waals surface area (Å²) in [4.78, 5) is 23.6. The molecule has 0 aliphatic carbocycles. The maximum Gasteiger partial charge on any atom is 0.292 e. The lowest BCUT2D eigenvalue weighted by Gasteiger charge is -2.34. The van der Waals surface area contributed by atoms with E-state index in [0.29, 0.717) is 11.8 Å². The fourth-order valence-corrected chi connectivity index (χ4v) is 4.73. The summed E-state index contributed by atoms with van der Waals surface area (Å²) in [6.45, 7) is 0.251. The summed E-state index contributed by atoms with van der Waals surface area (Å²) in [6, 6.07) is 8.30. The summed E-state index contributed by atoms with van der Waals surface area (Å²) in [5, 5.41) is 13.9. The summed E-state index contributed by atoms with van der Waals surface area (Å²) < 4.78 is 53.5. The third-order valence-electron chi connectivity index (χ3n) is 4.86. The van der Waals surface area contributed by atoms with Crippen LogP contribution in [0.25, 0.3) is 0 Å². The monoisotopic (exact) mass is 454 g/mol. The highest BCUT2D eigenvalue weighted by molar-refractivity contribution is 7.89. The Bertz CT molecular complexity index is 1090. The number of nitro groups is 1. The highest BCUT2D eigenvalue weighted by atomic mass is 32.2. The Morgan fingerprint density at radius 2 is 1.77 bits per heavy atom. The molecule has 12 heteroatoms. The molecule has 0 saturated carbocycles. The lowest BCUT2D eigenvalue weighted by molar-refractivity contribution is -0.384. The molecule has 0 aromatic heterocycles. The van der Waals surface area contributed by atoms with E-state index in [4.69, 9.17) is 0 Å². The predicted octanol–water partition coefficient (Wildman–Crippen LogP) is 2.21. The lowest BCUT2D eigenvalue weighted by Crippen LogP contribution is -2.50. The molecule has 1 heterocycles. The SMILES string of the molecule is O=C(CCNc1ccccc1[N+](=O)[O-])N1CCN(S(=O)(=O)c2cc(F)ccc2F)CC1. The second-order valence-corrected chi connectivity index (χ2v) is 8.72. The highest BCUT2D eigenvalue weighted by Crippen LogP contribution is 2.24. The molecule has 9 nitrogen and oxygen atoms in total. The zero-order chi connectivity index (χ0) is 22.6. The third kappa shape index (κ3) is 5.14. The largest absolute Gasteiger partial charge is 0.379 e. The number of hydrogen-bond donors (Lipinski definition) is 1. The number of anilines is 1. The van der Waals surface area contributed by atoms with Crippen molar-refractivity contribution >= 4 is 27.3 Å². The zero-order valence-corrected chi connectivity index (χ0v) is 17.1. The Balaban J connectivity index is 1.54. The van der Waals surface area contributed by atoms with Crippen molar-refractivity contribution in [2.45, 2.75) is 11.3 Å². The van der Waals surface area contributed by atoms with Gasteiger partial charge in [0.05, 0.1) is 4.92 Å². The maximum absolute atomic E-state index is 13.9. The van der Waals surface area contributed by atoms with E-state index in [9.17, 15) is 32.1 Å². The fourth-order valence-electron chi connectivity index (χ4n) is 3.24. The Morgan fingerprint density at radius 3 is 2.45 bits per heavy atom. The van der Waals surface area contributed by atoms with E-state index in [0.717, 1.165) is 16.4 Å². The molecular weight excluding hydrogens is 434 g/mol. The number of hydrogen-bond acceptors (Lipinski definition) is 6. The standard InChI is InChI=1S/C19H20F2N4O5S/c20-14-5-6-15(21)18(13-14)31(29,30)24-11-9-23(10-12-24)19(26)7-8-22-16-3-1-2-4-17(16)25(27)28/h1-6,13,22H,7-12H2. The number of benzene rings is 2. The number of nitrogens with one attached hydrogen (secondary N) is 1. The van der Waals surface area contributed by atoms with Crippen molar-refractivity contribution < 1.29 is 26.9 Å². The average Bonchev–Trinajstić information content (AvgIpc) is 2.75. The average molecular weight is 454 g/mol. The van der Waals surface area contributed by atoms with Gasteiger partial charge in [-0.3, -0.25) is 14.9 Å². The Morgan fingerprint density at radius 1 is 1.10 bits per heavy atom. The van der Waals surface area contributed by atoms with Crippen LogP contribution in [0.1, 0.15) is 6.42 Å². The number of para-hydroxylation sites is 2. The molecule has 1 aliphatic heterocycles. The molecule has 31 heavy (non-hydrogen) atoms. The molecule has 1 saturated heterocycles. The van der Waals surface area contributed by atoms with Crippen LogP contribution in [0.5, 0.6) is 0 Å². The molecular formula is C19H20F2N4O5S. The number of nitro benzene ring substituents is 1. The van der Waals surface area contributed by atoms with Crippen molar-refractivity contribution in [3.8, 4) is 0 Å². The zero-order valence-electron chi connectivity index (χ0n) is 16.3. The normalized spacial score (nSPS) is 15.0. The molecule has 0 atom stereocenters. The Labute approximate surface area is 177 Å². The highest BCUT2D eigenvalue weighted by Gasteiger charge is 2.32. The smallest absolute Gasteiger partial charge is 0.292 e. The number of halogens is 2. The number of sulfonamides is 1. The summed E-state index contributed by atoms with van der Waals surface area (Å²) in [6.07, 6.45) is 0.0529. The topological polar surface area (TPSA) is 113 Å². The minimum absolute atomic E-state index is 0.0529. The van der Waals surface area contributed by atoms with Gasteiger partial charge in [-0.25, -0.2) is 17.2 Å². The Kier molecular flexibility index (Phi) is 6.81. The second kappa shape index (κ2) is 9.35. The molecule has 1 fully saturated rings. The van der Waals surface area contributed by atoms with E-state index < -0.39 is 31.5 Å². The Hall–Kier alpha value is -3.12. The molecule has 2 aromatic carbocycles. The fraction of sp³-hybridized carbons (Fsp3) is 0.316. The molecule has 1 N–H and O–H groups in total. The van der Waals surface area contributed by atoms with Gasteiger partial charge in [0.1, 0.15) is 22.2 Å². The quantitative estimate of drug-likeness (QED) is 0.507. The van der Waals surface area contributed by atoms with Crippen LogP contribution in [0.3, 0.4) is 0 Å². The van der Waals surface area contributed by atoms with Crippen LogP contribution in [0.4, 0.5) is 20.2 Å². The number of carbonyl (C=O) groups is 1. The van der Waals surface area contributed by atoms with Crippen molar-refractivity contribution in [1.29, 1.82) is 0 Å². The second-order valence-electron chi connectivity index (χ2n) is 6.81. The number of amides is 1. The summed E-state index contributed by atoms with van der Waals surface area (Å²) >= 11 is 0. The van der Waals surface area contributed by atoms with Gasteiger partial charge >= 0.3 is 0 Å². The van der Waals surface area contributed by atoms with Gasteiger partial charge in [0.2, 0.25) is 15.9 Å². The predicted molar refractivity (Wildman–Crippen MR) is 108 cm³/mol. The summed E-state index contributed by atoms with van der Waals surface area (Å²) in [5.74, 6) is -2.15. The number of rotatable bonds is 7. The minimum Gasteiger partial charge on any atom is -0.379 e. The van der Waals surface area contributed by atoms with Gasteiger partial charge in [0, 0.05) is 45.2 Å². The van der Waals surface area contributed by atoms with Crippen LogP contribution in [0.2, 0.25) is 0 Å². The van der Waals surface area contributed by atoms with Gasteiger partial charge in [0.25, 0.3) is 5.69 Å². The van der Waals surface area contributed by atoms with E-state index in [1.54, 1.807) is 6.07 Å². The van der Waals surface area contributed by atoms with E-state index in [1.807, 2.05) is 0 Å². The van der Waals surface area contributed by atoms with Crippen LogP contribution in [0, 0.1) is 21.7 Å². The van der Waals surface area contributed by atoms with E-state index in [-0.39, 0.29) is 50.7 Å². The van der Waals surface area contributed by atoms with Crippen molar-refractivity contribution in [3.63, 3.8) is 0 Å². The summed E-state index contributed by atoms with van der Waals surface area (Å²) in [5.41, 5.74) is 0.201. The van der Waals surface area contributed by atoms with Crippen LogP contribution >= 0.6 is 0 Å². The molecule has 2 aromatic rings. The molecule has 0 spiro atoms. The number of carbonyl (C=O) groups excluding carboxylic acids is 1. The van der Waals surface area contributed by atoms with Gasteiger partial charge in [-0.2, -0.15) is 4.31 Å². The van der Waals surface area contributed by atoms with Gasteiger partial charge in [-0.1, -0.05) is 12.1 Å². The molecule has 1 amide bonds. The van der Waals surface area contributed by atoms with Crippen LogP contribution < -0.4 is 5.32 Å². The lowest BCUT2D eigenvalue weighted by atomic mass is 10.2. The molecule has 1 aliphatic rings. The molecule has 166 valence electrons. The molecule has 0 bridgehead atoms. The minimum atomic E-state index is -4.23. The van der Waals surface area contributed by atoms with Crippen molar-refractivity contribution in [1.82, 2.24) is 9.21 Å². The van der Waals surface area contributed by atoms with Crippen LogP contribution in [-0.4, -0.2) is 61.2 Å². The number of nitrogens with zero attached hydrogens (tertiary/aromatic N) is 3. The van der Waals surface area contributed by atoms with Gasteiger partial charge in [-0.05, 0) is 24.3 Å². The van der Waals surface area contributed by atoms with E-state index in [1.165, 1.54) is 23.1 Å². The number of piperazine rings is 1. The van der Waals surface area contributed by atoms with Gasteiger partial charge < -0.3 is 10.2 Å². The summed E-state index contributed by atoms with van der Waals surface area (Å²) in [7, 11) is -4.23. The third-order valence-corrected chi connectivity index (χ3v) is 6.77. The van der Waals surface area contributed by atoms with E-state index in [2.05, 4.69) is 5.32 Å². The molecule has 0 radical (unpaired) electrons. The van der Waals surface area contributed by atoms with Crippen LogP contribution in [-0.2, 0) is 14.8 Å². The van der Waals surface area contributed by atoms with E-state index >= 15 is 0 Å². The molecule has 0 unspecified atom stereocenters. The van der Waals surface area contributed by atoms with Crippen LogP contribution in [0.15, 0.2) is 47.4 Å². The van der Waals surface area contributed by atoms with Crippen molar-refractivity contribution in [3.05, 3.63) is 64.2 Å². The first-order valence-corrected chi connectivity index (χ1v) is 10.8. The van der Waals surface area contributed by atoms with Gasteiger partial charge in [0.15, 0.2) is 0 Å². The first kappa shape index (κ1) is 22.6. The maximum atomic E-state index is 13.9. The first-order chi connectivity index (χ1) is 14.7. The van der Waals surface area contributed by atoms with Crippen molar-refractivity contribution in [2.24, 2.45) is 0 Å². The van der Waals surface area contributed by atoms with Gasteiger partial charge in [-0.15, -0.1) is 0 Å². The first-order valence-electron chi connectivity index (χ1n) is 9.40. The molecule has 3 rings (SSSR count). The van der Waals surface area contributed by atoms with Crippen molar-refractivity contribution in [2.75, 3.05) is 38.0 Å².